The van der Waals surface area contributed by atoms with Gasteiger partial charge in [-0.2, -0.15) is 0 Å². The van der Waals surface area contributed by atoms with Crippen molar-refractivity contribution in [3.8, 4) is 5.88 Å². The first-order valence-corrected chi connectivity index (χ1v) is 5.46. The SMILES string of the molecule is COc1nc(Cc2ccccc2)cnc1CN. The Morgan fingerprint density at radius 3 is 2.65 bits per heavy atom. The summed E-state index contributed by atoms with van der Waals surface area (Å²) in [5, 5.41) is 0. The van der Waals surface area contributed by atoms with Crippen LogP contribution >= 0.6 is 0 Å². The molecule has 0 aliphatic rings. The maximum atomic E-state index is 5.55. The second-order valence-electron chi connectivity index (χ2n) is 3.68. The number of hydrogen-bond donors (Lipinski definition) is 1. The van der Waals surface area contributed by atoms with Gasteiger partial charge in [0, 0.05) is 19.2 Å². The molecule has 1 aromatic carbocycles. The van der Waals surface area contributed by atoms with E-state index in [9.17, 15) is 0 Å². The summed E-state index contributed by atoms with van der Waals surface area (Å²) in [6, 6.07) is 10.1. The van der Waals surface area contributed by atoms with E-state index in [2.05, 4.69) is 22.1 Å². The standard InChI is InChI=1S/C13H15N3O/c1-17-13-12(8-14)15-9-11(16-13)7-10-5-3-2-4-6-10/h2-6,9H,7-8,14H2,1H3. The first-order valence-electron chi connectivity index (χ1n) is 5.46. The van der Waals surface area contributed by atoms with Crippen molar-refractivity contribution in [2.75, 3.05) is 7.11 Å². The van der Waals surface area contributed by atoms with Gasteiger partial charge in [0.25, 0.3) is 0 Å². The number of ether oxygens (including phenoxy) is 1. The summed E-state index contributed by atoms with van der Waals surface area (Å²) in [6.45, 7) is 0.335. The van der Waals surface area contributed by atoms with Crippen LogP contribution in [0.5, 0.6) is 5.88 Å². The number of nitrogens with two attached hydrogens (primary N) is 1. The number of hydrogen-bond acceptors (Lipinski definition) is 4. The van der Waals surface area contributed by atoms with Crippen molar-refractivity contribution in [1.82, 2.24) is 9.97 Å². The van der Waals surface area contributed by atoms with E-state index in [1.54, 1.807) is 13.3 Å². The fraction of sp³-hybridized carbons (Fsp3) is 0.231. The molecule has 2 aromatic rings. The second kappa shape index (κ2) is 5.41. The third-order valence-corrected chi connectivity index (χ3v) is 2.48. The van der Waals surface area contributed by atoms with E-state index < -0.39 is 0 Å². The van der Waals surface area contributed by atoms with Crippen molar-refractivity contribution in [1.29, 1.82) is 0 Å². The lowest BCUT2D eigenvalue weighted by molar-refractivity contribution is 0.388. The molecule has 0 saturated carbocycles. The molecule has 0 aliphatic carbocycles. The van der Waals surface area contributed by atoms with Crippen molar-refractivity contribution in [3.05, 3.63) is 53.5 Å². The highest BCUT2D eigenvalue weighted by atomic mass is 16.5. The lowest BCUT2D eigenvalue weighted by Crippen LogP contribution is -2.06. The van der Waals surface area contributed by atoms with Gasteiger partial charge < -0.3 is 10.5 Å². The van der Waals surface area contributed by atoms with E-state index in [0.29, 0.717) is 18.1 Å². The summed E-state index contributed by atoms with van der Waals surface area (Å²) >= 11 is 0. The summed E-state index contributed by atoms with van der Waals surface area (Å²) < 4.78 is 5.16. The average molecular weight is 229 g/mol. The van der Waals surface area contributed by atoms with Crippen molar-refractivity contribution < 1.29 is 4.74 Å². The van der Waals surface area contributed by atoms with E-state index in [1.807, 2.05) is 18.2 Å². The van der Waals surface area contributed by atoms with E-state index >= 15 is 0 Å². The van der Waals surface area contributed by atoms with Crippen LogP contribution in [-0.2, 0) is 13.0 Å². The van der Waals surface area contributed by atoms with Crippen molar-refractivity contribution in [3.63, 3.8) is 0 Å². The molecule has 1 heterocycles. The van der Waals surface area contributed by atoms with E-state index in [0.717, 1.165) is 12.1 Å². The fourth-order valence-electron chi connectivity index (χ4n) is 1.63. The molecule has 4 heteroatoms. The summed E-state index contributed by atoms with van der Waals surface area (Å²) in [7, 11) is 1.58. The molecule has 0 bridgehead atoms. The molecule has 17 heavy (non-hydrogen) atoms. The first-order chi connectivity index (χ1) is 8.33. The van der Waals surface area contributed by atoms with Crippen LogP contribution in [0, 0.1) is 0 Å². The molecule has 2 N–H and O–H groups in total. The van der Waals surface area contributed by atoms with Gasteiger partial charge in [0.1, 0.15) is 5.69 Å². The van der Waals surface area contributed by atoms with Gasteiger partial charge >= 0.3 is 0 Å². The Hall–Kier alpha value is -1.94. The molecule has 2 rings (SSSR count). The van der Waals surface area contributed by atoms with Gasteiger partial charge in [-0.15, -0.1) is 0 Å². The van der Waals surface area contributed by atoms with Gasteiger partial charge in [0.2, 0.25) is 5.88 Å². The Morgan fingerprint density at radius 2 is 2.00 bits per heavy atom. The molecule has 0 radical (unpaired) electrons. The van der Waals surface area contributed by atoms with Crippen LogP contribution in [0.3, 0.4) is 0 Å². The van der Waals surface area contributed by atoms with Crippen molar-refractivity contribution in [2.24, 2.45) is 5.73 Å². The Labute approximate surface area is 100 Å². The topological polar surface area (TPSA) is 61.0 Å². The van der Waals surface area contributed by atoms with Gasteiger partial charge in [-0.3, -0.25) is 4.98 Å². The number of rotatable bonds is 4. The highest BCUT2D eigenvalue weighted by Crippen LogP contribution is 2.14. The minimum Gasteiger partial charge on any atom is -0.480 e. The Balaban J connectivity index is 2.22. The molecule has 0 atom stereocenters. The van der Waals surface area contributed by atoms with E-state index in [-0.39, 0.29) is 0 Å². The molecule has 0 spiro atoms. The summed E-state index contributed by atoms with van der Waals surface area (Å²) in [6.07, 6.45) is 2.49. The van der Waals surface area contributed by atoms with Gasteiger partial charge in [-0.25, -0.2) is 4.98 Å². The fourth-order valence-corrected chi connectivity index (χ4v) is 1.63. The monoisotopic (exact) mass is 229 g/mol. The normalized spacial score (nSPS) is 10.2. The van der Waals surface area contributed by atoms with Crippen LogP contribution in [0.1, 0.15) is 17.0 Å². The molecule has 0 aliphatic heterocycles. The third-order valence-electron chi connectivity index (χ3n) is 2.48. The molecule has 0 unspecified atom stereocenters. The summed E-state index contributed by atoms with van der Waals surface area (Å²) in [4.78, 5) is 8.64. The third kappa shape index (κ3) is 2.79. The lowest BCUT2D eigenvalue weighted by Gasteiger charge is -2.07. The van der Waals surface area contributed by atoms with Crippen LogP contribution < -0.4 is 10.5 Å². The first kappa shape index (κ1) is 11.5. The molecular formula is C13H15N3O. The molecule has 88 valence electrons. The minimum absolute atomic E-state index is 0.335. The molecule has 0 fully saturated rings. The van der Waals surface area contributed by atoms with E-state index in [4.69, 9.17) is 10.5 Å². The number of aromatic nitrogens is 2. The smallest absolute Gasteiger partial charge is 0.236 e. The van der Waals surface area contributed by atoms with Gasteiger partial charge in [-0.05, 0) is 5.56 Å². The van der Waals surface area contributed by atoms with Crippen LogP contribution in [0.2, 0.25) is 0 Å². The van der Waals surface area contributed by atoms with Crippen molar-refractivity contribution in [2.45, 2.75) is 13.0 Å². The zero-order chi connectivity index (χ0) is 12.1. The van der Waals surface area contributed by atoms with Crippen LogP contribution in [0.25, 0.3) is 0 Å². The highest BCUT2D eigenvalue weighted by molar-refractivity contribution is 5.25. The van der Waals surface area contributed by atoms with Crippen LogP contribution in [0.15, 0.2) is 36.5 Å². The van der Waals surface area contributed by atoms with Gasteiger partial charge in [-0.1, -0.05) is 30.3 Å². The average Bonchev–Trinajstić information content (AvgIpc) is 2.40. The van der Waals surface area contributed by atoms with Gasteiger partial charge in [0.15, 0.2) is 0 Å². The molecule has 4 nitrogen and oxygen atoms in total. The Kier molecular flexibility index (Phi) is 3.67. The molecule has 0 amide bonds. The van der Waals surface area contributed by atoms with Crippen LogP contribution in [-0.4, -0.2) is 17.1 Å². The molecule has 1 aromatic heterocycles. The maximum absolute atomic E-state index is 5.55. The summed E-state index contributed by atoms with van der Waals surface area (Å²) in [5.41, 5.74) is 8.31. The van der Waals surface area contributed by atoms with Gasteiger partial charge in [0.05, 0.1) is 12.8 Å². The zero-order valence-corrected chi connectivity index (χ0v) is 9.76. The Bertz CT molecular complexity index is 485. The predicted octanol–water partition coefficient (Wildman–Crippen LogP) is 1.53. The quantitative estimate of drug-likeness (QED) is 0.863. The zero-order valence-electron chi connectivity index (χ0n) is 9.76. The minimum atomic E-state index is 0.335. The number of methoxy groups -OCH3 is 1. The van der Waals surface area contributed by atoms with E-state index in [1.165, 1.54) is 5.56 Å². The second-order valence-corrected chi connectivity index (χ2v) is 3.68. The molecule has 0 saturated heterocycles. The maximum Gasteiger partial charge on any atom is 0.236 e. The summed E-state index contributed by atoms with van der Waals surface area (Å²) in [5.74, 6) is 0.515. The molecular weight excluding hydrogens is 214 g/mol. The van der Waals surface area contributed by atoms with Crippen LogP contribution in [0.4, 0.5) is 0 Å². The highest BCUT2D eigenvalue weighted by Gasteiger charge is 2.06. The number of nitrogens with zero attached hydrogens (tertiary/aromatic N) is 2. The predicted molar refractivity (Wildman–Crippen MR) is 65.7 cm³/mol. The van der Waals surface area contributed by atoms with Crippen molar-refractivity contribution >= 4 is 0 Å². The Morgan fingerprint density at radius 1 is 1.24 bits per heavy atom. The lowest BCUT2D eigenvalue weighted by atomic mass is 10.1. The largest absolute Gasteiger partial charge is 0.480 e. The number of benzene rings is 1.